The van der Waals surface area contributed by atoms with Gasteiger partial charge >= 0.3 is 0 Å². The first-order valence-electron chi connectivity index (χ1n) is 5.10. The van der Waals surface area contributed by atoms with Gasteiger partial charge in [0.25, 0.3) is 0 Å². The van der Waals surface area contributed by atoms with E-state index >= 15 is 0 Å². The number of fused-ring (bicyclic) bond motifs is 1. The van der Waals surface area contributed by atoms with E-state index in [0.29, 0.717) is 5.92 Å². The van der Waals surface area contributed by atoms with Gasteiger partial charge in [0.05, 0.1) is 6.10 Å². The molecule has 1 atom stereocenters. The average molecular weight is 187 g/mol. The second kappa shape index (κ2) is 2.85. The molecule has 0 aliphatic heterocycles. The number of H-pyrrole nitrogens is 1. The molecule has 0 bridgehead atoms. The third-order valence-corrected chi connectivity index (χ3v) is 3.02. The van der Waals surface area contributed by atoms with Crippen LogP contribution < -0.4 is 0 Å². The fourth-order valence-electron chi connectivity index (χ4n) is 2.03. The lowest BCUT2D eigenvalue weighted by atomic mass is 10.0. The minimum Gasteiger partial charge on any atom is -0.388 e. The third kappa shape index (κ3) is 1.15. The number of nitrogens with one attached hydrogen (secondary N) is 1. The molecule has 1 saturated carbocycles. The highest BCUT2D eigenvalue weighted by atomic mass is 16.3. The summed E-state index contributed by atoms with van der Waals surface area (Å²) in [5.74, 6) is 0.496. The number of benzene rings is 1. The lowest BCUT2D eigenvalue weighted by molar-refractivity contribution is 0.155. The molecule has 1 heterocycles. The van der Waals surface area contributed by atoms with Crippen molar-refractivity contribution >= 4 is 10.9 Å². The van der Waals surface area contributed by atoms with Gasteiger partial charge in [0.15, 0.2) is 0 Å². The molecule has 3 rings (SSSR count). The van der Waals surface area contributed by atoms with Gasteiger partial charge in [0.1, 0.15) is 0 Å². The molecule has 0 radical (unpaired) electrons. The van der Waals surface area contributed by atoms with Gasteiger partial charge in [-0.1, -0.05) is 12.1 Å². The number of hydrogen-bond donors (Lipinski definition) is 2. The van der Waals surface area contributed by atoms with Crippen molar-refractivity contribution in [3.05, 3.63) is 36.0 Å². The van der Waals surface area contributed by atoms with Crippen LogP contribution in [0.3, 0.4) is 0 Å². The maximum atomic E-state index is 10.1. The van der Waals surface area contributed by atoms with E-state index in [4.69, 9.17) is 0 Å². The van der Waals surface area contributed by atoms with Crippen molar-refractivity contribution in [2.75, 3.05) is 0 Å². The Bertz CT molecular complexity index is 456. The van der Waals surface area contributed by atoms with Crippen LogP contribution in [0, 0.1) is 5.92 Å². The molecule has 1 aromatic heterocycles. The van der Waals surface area contributed by atoms with Crippen molar-refractivity contribution in [2.24, 2.45) is 5.92 Å². The molecular weight excluding hydrogens is 174 g/mol. The van der Waals surface area contributed by atoms with Gasteiger partial charge in [-0.2, -0.15) is 0 Å². The summed E-state index contributed by atoms with van der Waals surface area (Å²) in [6.45, 7) is 0. The molecule has 72 valence electrons. The summed E-state index contributed by atoms with van der Waals surface area (Å²) in [5, 5.41) is 11.2. The second-order valence-corrected chi connectivity index (χ2v) is 4.07. The molecule has 0 amide bonds. The Morgan fingerprint density at radius 1 is 1.29 bits per heavy atom. The highest BCUT2D eigenvalue weighted by Crippen LogP contribution is 2.42. The molecule has 2 heteroatoms. The quantitative estimate of drug-likeness (QED) is 0.744. The van der Waals surface area contributed by atoms with Crippen LogP contribution in [0.1, 0.15) is 24.5 Å². The summed E-state index contributed by atoms with van der Waals surface area (Å²) < 4.78 is 0. The number of hydrogen-bond acceptors (Lipinski definition) is 1. The molecule has 1 fully saturated rings. The highest BCUT2D eigenvalue weighted by Gasteiger charge is 2.31. The molecular formula is C12H13NO. The zero-order valence-corrected chi connectivity index (χ0v) is 7.90. The van der Waals surface area contributed by atoms with E-state index in [1.165, 1.54) is 12.8 Å². The van der Waals surface area contributed by atoms with Crippen molar-refractivity contribution in [2.45, 2.75) is 18.9 Å². The topological polar surface area (TPSA) is 36.0 Å². The molecule has 0 spiro atoms. The molecule has 14 heavy (non-hydrogen) atoms. The Hall–Kier alpha value is -1.28. The minimum absolute atomic E-state index is 0.269. The molecule has 1 unspecified atom stereocenters. The van der Waals surface area contributed by atoms with Gasteiger partial charge in [-0.25, -0.2) is 0 Å². The van der Waals surface area contributed by atoms with Gasteiger partial charge in [0.2, 0.25) is 0 Å². The van der Waals surface area contributed by atoms with E-state index in [-0.39, 0.29) is 6.10 Å². The Balaban J connectivity index is 2.14. The smallest absolute Gasteiger partial charge is 0.0824 e. The largest absolute Gasteiger partial charge is 0.388 e. The number of aromatic nitrogens is 1. The zero-order valence-electron chi connectivity index (χ0n) is 7.90. The first kappa shape index (κ1) is 8.06. The van der Waals surface area contributed by atoms with Crippen LogP contribution in [0.15, 0.2) is 30.5 Å². The Kier molecular flexibility index (Phi) is 1.64. The third-order valence-electron chi connectivity index (χ3n) is 3.02. The van der Waals surface area contributed by atoms with Crippen molar-refractivity contribution in [3.8, 4) is 0 Å². The van der Waals surface area contributed by atoms with Crippen LogP contribution in [0.4, 0.5) is 0 Å². The van der Waals surface area contributed by atoms with E-state index in [2.05, 4.69) is 4.98 Å². The molecule has 1 aliphatic carbocycles. The number of rotatable bonds is 2. The lowest BCUT2D eigenvalue weighted by Gasteiger charge is -2.10. The van der Waals surface area contributed by atoms with Gasteiger partial charge in [-0.15, -0.1) is 0 Å². The number of aliphatic hydroxyl groups excluding tert-OH is 1. The van der Waals surface area contributed by atoms with Gasteiger partial charge < -0.3 is 10.1 Å². The van der Waals surface area contributed by atoms with Crippen LogP contribution in [0.5, 0.6) is 0 Å². The highest BCUT2D eigenvalue weighted by molar-refractivity contribution is 5.83. The standard InChI is InChI=1S/C12H13NO/c14-12(8-4-5-8)10-2-1-3-11-9(10)6-7-13-11/h1-3,6-8,12-14H,4-5H2. The average Bonchev–Trinajstić information content (AvgIpc) is 2.94. The molecule has 0 saturated heterocycles. The van der Waals surface area contributed by atoms with Gasteiger partial charge in [-0.05, 0) is 36.5 Å². The summed E-state index contributed by atoms with van der Waals surface area (Å²) in [4.78, 5) is 3.16. The first-order chi connectivity index (χ1) is 6.86. The summed E-state index contributed by atoms with van der Waals surface area (Å²) in [6, 6.07) is 8.10. The lowest BCUT2D eigenvalue weighted by Crippen LogP contribution is -1.99. The normalized spacial score (nSPS) is 18.6. The minimum atomic E-state index is -0.269. The van der Waals surface area contributed by atoms with Crippen molar-refractivity contribution < 1.29 is 5.11 Å². The maximum absolute atomic E-state index is 10.1. The van der Waals surface area contributed by atoms with E-state index in [1.54, 1.807) is 0 Å². The molecule has 2 aromatic rings. The molecule has 2 nitrogen and oxygen atoms in total. The van der Waals surface area contributed by atoms with Crippen LogP contribution in [-0.4, -0.2) is 10.1 Å². The second-order valence-electron chi connectivity index (χ2n) is 4.07. The van der Waals surface area contributed by atoms with Crippen LogP contribution in [-0.2, 0) is 0 Å². The van der Waals surface area contributed by atoms with E-state index in [1.807, 2.05) is 30.5 Å². The Morgan fingerprint density at radius 2 is 2.14 bits per heavy atom. The van der Waals surface area contributed by atoms with Crippen molar-refractivity contribution in [1.82, 2.24) is 4.98 Å². The Morgan fingerprint density at radius 3 is 2.93 bits per heavy atom. The van der Waals surface area contributed by atoms with Crippen LogP contribution >= 0.6 is 0 Å². The van der Waals surface area contributed by atoms with Crippen molar-refractivity contribution in [1.29, 1.82) is 0 Å². The summed E-state index contributed by atoms with van der Waals surface area (Å²) in [5.41, 5.74) is 2.19. The Labute approximate surface area is 82.6 Å². The SMILES string of the molecule is OC(c1cccc2[nH]ccc12)C1CC1. The van der Waals surface area contributed by atoms with Gasteiger partial charge in [0, 0.05) is 17.1 Å². The van der Waals surface area contributed by atoms with Crippen molar-refractivity contribution in [3.63, 3.8) is 0 Å². The van der Waals surface area contributed by atoms with Crippen LogP contribution in [0.25, 0.3) is 10.9 Å². The van der Waals surface area contributed by atoms with Crippen LogP contribution in [0.2, 0.25) is 0 Å². The molecule has 1 aromatic carbocycles. The monoisotopic (exact) mass is 187 g/mol. The fraction of sp³-hybridized carbons (Fsp3) is 0.333. The van der Waals surface area contributed by atoms with E-state index in [9.17, 15) is 5.11 Å². The summed E-state index contributed by atoms with van der Waals surface area (Å²) >= 11 is 0. The van der Waals surface area contributed by atoms with E-state index < -0.39 is 0 Å². The summed E-state index contributed by atoms with van der Waals surface area (Å²) in [7, 11) is 0. The number of aromatic amines is 1. The maximum Gasteiger partial charge on any atom is 0.0824 e. The first-order valence-corrected chi connectivity index (χ1v) is 5.10. The number of aliphatic hydroxyl groups is 1. The fourth-order valence-corrected chi connectivity index (χ4v) is 2.03. The predicted octanol–water partition coefficient (Wildman–Crippen LogP) is 2.61. The molecule has 1 aliphatic rings. The van der Waals surface area contributed by atoms with Gasteiger partial charge in [-0.3, -0.25) is 0 Å². The zero-order chi connectivity index (χ0) is 9.54. The predicted molar refractivity (Wildman–Crippen MR) is 56.0 cm³/mol. The molecule has 2 N–H and O–H groups in total. The summed E-state index contributed by atoms with van der Waals surface area (Å²) in [6.07, 6.45) is 3.99. The van der Waals surface area contributed by atoms with E-state index in [0.717, 1.165) is 16.5 Å².